The summed E-state index contributed by atoms with van der Waals surface area (Å²) in [6.45, 7) is 8.87. The smallest absolute Gasteiger partial charge is 0.337 e. The molecule has 4 amide bonds. The van der Waals surface area contributed by atoms with Crippen LogP contribution in [-0.4, -0.2) is 98.1 Å². The highest BCUT2D eigenvalue weighted by Gasteiger charge is 2.25. The fraction of sp³-hybridized carbons (Fsp3) is 0.289. The molecule has 21 heteroatoms. The quantitative estimate of drug-likeness (QED) is 0.106. The normalized spacial score (nSPS) is 13.3. The van der Waals surface area contributed by atoms with E-state index in [0.29, 0.717) is 81.5 Å². The molecule has 8 rings (SSSR count). The first-order valence-corrected chi connectivity index (χ1v) is 21.3. The molecule has 0 saturated heterocycles. The Labute approximate surface area is 376 Å². The van der Waals surface area contributed by atoms with Crippen molar-refractivity contribution in [3.8, 4) is 11.5 Å². The number of ether oxygens (including phenoxy) is 2. The van der Waals surface area contributed by atoms with Crippen molar-refractivity contribution in [1.29, 1.82) is 0 Å². The molecule has 66 heavy (non-hydrogen) atoms. The second-order valence-electron chi connectivity index (χ2n) is 15.4. The van der Waals surface area contributed by atoms with Crippen LogP contribution >= 0.6 is 0 Å². The number of carboxylic acid groups (broad SMARTS) is 1. The Morgan fingerprint density at radius 3 is 1.79 bits per heavy atom. The van der Waals surface area contributed by atoms with Crippen molar-refractivity contribution in [3.63, 3.8) is 0 Å². The van der Waals surface area contributed by atoms with Crippen LogP contribution in [0.4, 0.5) is 11.9 Å². The maximum Gasteiger partial charge on any atom is 0.337 e. The number of aromatic nitrogens is 9. The first kappa shape index (κ1) is 44.3. The number of aromatic carboxylic acids is 1. The Kier molecular flexibility index (Phi) is 12.6. The topological polar surface area (TPSA) is 270 Å². The van der Waals surface area contributed by atoms with Gasteiger partial charge in [-0.2, -0.15) is 10.2 Å². The van der Waals surface area contributed by atoms with Crippen molar-refractivity contribution >= 4 is 63.6 Å². The molecule has 0 atom stereocenters. The lowest BCUT2D eigenvalue weighted by Gasteiger charge is -2.14. The standard InChI is InChI=1S/C45H47N13O8/c1-5-57-33(19-25(3)53-57)41(61)51-44-49-31-21-27(39(46)59)23-35-37(31)55(44)15-7-8-16-56-38-32(50-45(56)52-42(62)34-20-26(4)54-58(34)6-2)22-28(24-36(38)66-18-10-17-65-35)40(60)48-14-12-30-29(43(63)64)11-9-13-47-30/h7-9,11,13,19-24H,5-6,10,12,14-18H2,1-4H3,(H2,46,59)(H,48,60)(H,63,64)(H,49,51,61)(H,50,52,62)/b8-7+. The molecule has 21 nitrogen and oxygen atoms in total. The second kappa shape index (κ2) is 18.8. The van der Waals surface area contributed by atoms with E-state index >= 15 is 0 Å². The first-order chi connectivity index (χ1) is 31.8. The Hall–Kier alpha value is -8.36. The van der Waals surface area contributed by atoms with Crippen molar-refractivity contribution in [2.75, 3.05) is 30.4 Å². The highest BCUT2D eigenvalue weighted by atomic mass is 16.5. The molecule has 0 spiro atoms. The van der Waals surface area contributed by atoms with Crippen molar-refractivity contribution in [3.05, 3.63) is 112 Å². The summed E-state index contributed by atoms with van der Waals surface area (Å²) < 4.78 is 19.4. The van der Waals surface area contributed by atoms with E-state index in [4.69, 9.17) is 25.2 Å². The number of nitrogens with one attached hydrogen (secondary N) is 3. The number of rotatable bonds is 12. The second-order valence-corrected chi connectivity index (χ2v) is 15.4. The molecule has 0 unspecified atom stereocenters. The Morgan fingerprint density at radius 2 is 1.27 bits per heavy atom. The average Bonchev–Trinajstić information content (AvgIpc) is 4.06. The Morgan fingerprint density at radius 1 is 0.742 bits per heavy atom. The van der Waals surface area contributed by atoms with Gasteiger partial charge in [0, 0.05) is 62.9 Å². The van der Waals surface area contributed by atoms with Crippen LogP contribution in [0.5, 0.6) is 11.5 Å². The molecular weight excluding hydrogens is 851 g/mol. The number of hydrogen-bond acceptors (Lipinski definition) is 12. The van der Waals surface area contributed by atoms with Crippen LogP contribution in [0.15, 0.2) is 66.9 Å². The van der Waals surface area contributed by atoms with Gasteiger partial charge in [0.2, 0.25) is 17.8 Å². The van der Waals surface area contributed by atoms with E-state index in [0.717, 1.165) is 0 Å². The minimum absolute atomic E-state index is 0.0447. The van der Waals surface area contributed by atoms with Gasteiger partial charge in [0.05, 0.1) is 46.9 Å². The highest BCUT2D eigenvalue weighted by molar-refractivity contribution is 6.05. The zero-order chi connectivity index (χ0) is 46.6. The zero-order valence-corrected chi connectivity index (χ0v) is 36.6. The summed E-state index contributed by atoms with van der Waals surface area (Å²) in [5.41, 5.74) is 10.1. The molecule has 6 N–H and O–H groups in total. The van der Waals surface area contributed by atoms with Crippen LogP contribution in [0, 0.1) is 13.8 Å². The number of amides is 4. The summed E-state index contributed by atoms with van der Waals surface area (Å²) in [7, 11) is 0. The van der Waals surface area contributed by atoms with Crippen LogP contribution in [0.2, 0.25) is 0 Å². The Balaban J connectivity index is 1.17. The number of hydrogen-bond donors (Lipinski definition) is 5. The third kappa shape index (κ3) is 9.03. The van der Waals surface area contributed by atoms with E-state index in [1.54, 1.807) is 56.6 Å². The fourth-order valence-corrected chi connectivity index (χ4v) is 7.78. The molecule has 1 aliphatic rings. The van der Waals surface area contributed by atoms with Gasteiger partial charge in [-0.15, -0.1) is 0 Å². The van der Waals surface area contributed by atoms with Crippen molar-refractivity contribution in [2.24, 2.45) is 5.73 Å². The predicted molar refractivity (Wildman–Crippen MR) is 241 cm³/mol. The van der Waals surface area contributed by atoms with Gasteiger partial charge in [-0.1, -0.05) is 12.2 Å². The number of imidazole rings is 2. The third-order valence-corrected chi connectivity index (χ3v) is 10.8. The molecule has 0 bridgehead atoms. The maximum absolute atomic E-state index is 13.9. The van der Waals surface area contributed by atoms with Gasteiger partial charge in [-0.05, 0) is 76.2 Å². The van der Waals surface area contributed by atoms with E-state index < -0.39 is 29.6 Å². The van der Waals surface area contributed by atoms with Gasteiger partial charge >= 0.3 is 5.97 Å². The molecule has 0 saturated carbocycles. The average molecular weight is 898 g/mol. The molecule has 1 aliphatic heterocycles. The SMILES string of the molecule is CCn1nc(C)cc1C(=O)Nc1nc2cc(C(N)=O)cc3c2n1C/C=C/Cn1c(NC(=O)c2cc(C)nn2CC)nc2cc(C(=O)NCCc4ncccc4C(=O)O)cc(c21)OCCCO3. The van der Waals surface area contributed by atoms with E-state index in [1.165, 1.54) is 30.5 Å². The van der Waals surface area contributed by atoms with Crippen LogP contribution in [-0.2, 0) is 32.6 Å². The number of carbonyl (C=O) groups excluding carboxylic acids is 4. The van der Waals surface area contributed by atoms with E-state index in [9.17, 15) is 29.1 Å². The summed E-state index contributed by atoms with van der Waals surface area (Å²) in [5, 5.41) is 27.2. The lowest BCUT2D eigenvalue weighted by Crippen LogP contribution is -2.26. The van der Waals surface area contributed by atoms with E-state index in [1.807, 2.05) is 26.0 Å². The molecule has 0 aliphatic carbocycles. The van der Waals surface area contributed by atoms with Crippen LogP contribution in [0.3, 0.4) is 0 Å². The summed E-state index contributed by atoms with van der Waals surface area (Å²) in [6, 6.07) is 12.6. The number of nitrogens with two attached hydrogens (primary N) is 1. The number of carboxylic acids is 1. The maximum atomic E-state index is 13.9. The molecule has 0 fully saturated rings. The van der Waals surface area contributed by atoms with Crippen LogP contribution in [0.1, 0.15) is 89.4 Å². The minimum atomic E-state index is -1.12. The van der Waals surface area contributed by atoms with Crippen LogP contribution in [0.25, 0.3) is 22.1 Å². The number of nitrogens with zero attached hydrogens (tertiary/aromatic N) is 9. The van der Waals surface area contributed by atoms with Gasteiger partial charge in [-0.3, -0.25) is 44.2 Å². The number of anilines is 2. The van der Waals surface area contributed by atoms with Crippen LogP contribution < -0.4 is 31.2 Å². The number of carbonyl (C=O) groups is 5. The first-order valence-electron chi connectivity index (χ1n) is 21.3. The van der Waals surface area contributed by atoms with Gasteiger partial charge in [0.15, 0.2) is 0 Å². The number of pyridine rings is 1. The molecule has 5 aromatic heterocycles. The molecule has 0 radical (unpaired) electrons. The third-order valence-electron chi connectivity index (χ3n) is 10.8. The summed E-state index contributed by atoms with van der Waals surface area (Å²) in [6.07, 6.45) is 5.67. The monoisotopic (exact) mass is 897 g/mol. The fourth-order valence-electron chi connectivity index (χ4n) is 7.78. The van der Waals surface area contributed by atoms with Crippen molar-refractivity contribution in [2.45, 2.75) is 66.7 Å². The van der Waals surface area contributed by atoms with Gasteiger partial charge in [0.1, 0.15) is 33.9 Å². The van der Waals surface area contributed by atoms with E-state index in [-0.39, 0.29) is 67.9 Å². The summed E-state index contributed by atoms with van der Waals surface area (Å²) in [5.74, 6) is -2.24. The van der Waals surface area contributed by atoms with Gasteiger partial charge in [-0.25, -0.2) is 14.8 Å². The highest BCUT2D eigenvalue weighted by Crippen LogP contribution is 2.34. The predicted octanol–water partition coefficient (Wildman–Crippen LogP) is 4.52. The largest absolute Gasteiger partial charge is 0.491 e. The van der Waals surface area contributed by atoms with E-state index in [2.05, 4.69) is 31.1 Å². The number of aryl methyl sites for hydroxylation is 4. The van der Waals surface area contributed by atoms with Gasteiger partial charge in [0.25, 0.3) is 17.7 Å². The molecule has 2 aromatic carbocycles. The summed E-state index contributed by atoms with van der Waals surface area (Å²) >= 11 is 0. The number of benzene rings is 2. The lowest BCUT2D eigenvalue weighted by molar-refractivity contribution is 0.0694. The number of allylic oxidation sites excluding steroid dienone is 2. The van der Waals surface area contributed by atoms with Crippen molar-refractivity contribution < 1.29 is 38.6 Å². The molecule has 340 valence electrons. The van der Waals surface area contributed by atoms with Crippen molar-refractivity contribution in [1.82, 2.24) is 49.0 Å². The summed E-state index contributed by atoms with van der Waals surface area (Å²) in [4.78, 5) is 79.4. The zero-order valence-electron chi connectivity index (χ0n) is 36.6. The Bertz CT molecular complexity index is 3080. The lowest BCUT2D eigenvalue weighted by atomic mass is 10.1. The molecule has 7 aromatic rings. The van der Waals surface area contributed by atoms with Gasteiger partial charge < -0.3 is 34.8 Å². The molecular formula is C45H47N13O8. The minimum Gasteiger partial charge on any atom is -0.491 e. The molecule has 6 heterocycles. The number of primary amides is 1.